The molecular formula is C17H18N4O2S. The Morgan fingerprint density at radius 1 is 1.08 bits per heavy atom. The van der Waals surface area contributed by atoms with Gasteiger partial charge in [0.1, 0.15) is 0 Å². The van der Waals surface area contributed by atoms with Crippen LogP contribution in [0.2, 0.25) is 0 Å². The lowest BCUT2D eigenvalue weighted by molar-refractivity contribution is 0.569. The van der Waals surface area contributed by atoms with E-state index < -0.39 is 10.0 Å². The largest absolute Gasteiger partial charge is 0.324 e. The molecule has 24 heavy (non-hydrogen) atoms. The van der Waals surface area contributed by atoms with E-state index in [9.17, 15) is 8.42 Å². The predicted octanol–water partition coefficient (Wildman–Crippen LogP) is 2.55. The van der Waals surface area contributed by atoms with E-state index in [1.165, 1.54) is 18.6 Å². The van der Waals surface area contributed by atoms with Gasteiger partial charge in [-0.15, -0.1) is 0 Å². The minimum Gasteiger partial charge on any atom is -0.324 e. The smallest absolute Gasteiger partial charge is 0.238 e. The van der Waals surface area contributed by atoms with Crippen molar-refractivity contribution in [1.29, 1.82) is 0 Å². The number of fused-ring (bicyclic) bond motifs is 2. The topological polar surface area (TPSA) is 98.0 Å². The van der Waals surface area contributed by atoms with Crippen molar-refractivity contribution in [3.63, 3.8) is 0 Å². The van der Waals surface area contributed by atoms with Crippen molar-refractivity contribution in [2.24, 2.45) is 17.0 Å². The van der Waals surface area contributed by atoms with Crippen molar-refractivity contribution in [3.8, 4) is 0 Å². The Labute approximate surface area is 140 Å². The van der Waals surface area contributed by atoms with Crippen LogP contribution in [0.4, 0.5) is 11.6 Å². The molecule has 2 aliphatic rings. The van der Waals surface area contributed by atoms with Crippen LogP contribution >= 0.6 is 0 Å². The van der Waals surface area contributed by atoms with Crippen LogP contribution in [0.1, 0.15) is 24.5 Å². The Hall–Kier alpha value is -2.25. The van der Waals surface area contributed by atoms with Crippen LogP contribution in [-0.2, 0) is 10.0 Å². The zero-order chi connectivity index (χ0) is 16.7. The molecule has 0 spiro atoms. The quantitative estimate of drug-likeness (QED) is 0.832. The number of nitrogens with two attached hydrogens (primary N) is 1. The number of nitrogens with one attached hydrogen (secondary N) is 1. The monoisotopic (exact) mass is 342 g/mol. The zero-order valence-corrected chi connectivity index (χ0v) is 13.8. The first-order valence-corrected chi connectivity index (χ1v) is 9.45. The lowest BCUT2D eigenvalue weighted by atomic mass is 9.90. The molecule has 1 fully saturated rings. The molecule has 124 valence electrons. The highest BCUT2D eigenvalue weighted by Gasteiger charge is 2.37. The van der Waals surface area contributed by atoms with Gasteiger partial charge in [-0.2, -0.15) is 0 Å². The normalized spacial score (nSPS) is 25.1. The first-order valence-electron chi connectivity index (χ1n) is 7.90. The van der Waals surface area contributed by atoms with E-state index in [1.54, 1.807) is 18.3 Å². The van der Waals surface area contributed by atoms with Gasteiger partial charge >= 0.3 is 0 Å². The van der Waals surface area contributed by atoms with E-state index >= 15 is 0 Å². The minimum atomic E-state index is -3.68. The minimum absolute atomic E-state index is 0.0801. The standard InChI is InChI=1S/C17H18N4O2S/c18-24(22,23)14-5-3-13(4-6-14)20-17-19-8-7-16(21-17)15-10-11-1-2-12(15)9-11/h1-8,11-12,15H,9-10H2,(H2,18,22,23)(H,19,20,21). The van der Waals surface area contributed by atoms with Gasteiger partial charge in [0, 0.05) is 23.5 Å². The average molecular weight is 342 g/mol. The van der Waals surface area contributed by atoms with E-state index in [2.05, 4.69) is 27.4 Å². The molecule has 4 rings (SSSR count). The third-order valence-corrected chi connectivity index (χ3v) is 5.70. The molecule has 3 atom stereocenters. The highest BCUT2D eigenvalue weighted by molar-refractivity contribution is 7.89. The van der Waals surface area contributed by atoms with E-state index in [-0.39, 0.29) is 4.90 Å². The van der Waals surface area contributed by atoms with Crippen molar-refractivity contribution in [1.82, 2.24) is 9.97 Å². The summed E-state index contributed by atoms with van der Waals surface area (Å²) in [5.74, 6) is 2.26. The number of aromatic nitrogens is 2. The summed E-state index contributed by atoms with van der Waals surface area (Å²) in [5, 5.41) is 8.22. The second-order valence-electron chi connectivity index (χ2n) is 6.39. The summed E-state index contributed by atoms with van der Waals surface area (Å²) in [6, 6.07) is 8.20. The van der Waals surface area contributed by atoms with E-state index in [4.69, 9.17) is 5.14 Å². The summed E-state index contributed by atoms with van der Waals surface area (Å²) in [6.07, 6.45) is 8.76. The molecule has 1 aromatic carbocycles. The summed E-state index contributed by atoms with van der Waals surface area (Å²) in [4.78, 5) is 8.98. The number of sulfonamides is 1. The number of hydrogen-bond acceptors (Lipinski definition) is 5. The highest BCUT2D eigenvalue weighted by Crippen LogP contribution is 2.48. The number of benzene rings is 1. The predicted molar refractivity (Wildman–Crippen MR) is 91.2 cm³/mol. The SMILES string of the molecule is NS(=O)(=O)c1ccc(Nc2nccc(C3CC4C=CC3C4)n2)cc1. The van der Waals surface area contributed by atoms with Crippen LogP contribution in [0, 0.1) is 11.8 Å². The Morgan fingerprint density at radius 2 is 1.88 bits per heavy atom. The molecule has 2 bridgehead atoms. The molecule has 3 N–H and O–H groups in total. The maximum absolute atomic E-state index is 11.3. The van der Waals surface area contributed by atoms with Crippen LogP contribution < -0.4 is 10.5 Å². The van der Waals surface area contributed by atoms with Gasteiger partial charge in [0.2, 0.25) is 16.0 Å². The van der Waals surface area contributed by atoms with Gasteiger partial charge in [0.25, 0.3) is 0 Å². The van der Waals surface area contributed by atoms with Crippen LogP contribution in [0.5, 0.6) is 0 Å². The van der Waals surface area contributed by atoms with Gasteiger partial charge in [-0.05, 0) is 55.0 Å². The molecule has 7 heteroatoms. The number of anilines is 2. The van der Waals surface area contributed by atoms with Crippen molar-refractivity contribution in [2.45, 2.75) is 23.7 Å². The molecule has 1 heterocycles. The Morgan fingerprint density at radius 3 is 2.50 bits per heavy atom. The maximum Gasteiger partial charge on any atom is 0.238 e. The summed E-state index contributed by atoms with van der Waals surface area (Å²) in [7, 11) is -3.68. The fourth-order valence-electron chi connectivity index (χ4n) is 3.62. The number of nitrogens with zero attached hydrogens (tertiary/aromatic N) is 2. The first kappa shape index (κ1) is 15.3. The summed E-state index contributed by atoms with van der Waals surface area (Å²) < 4.78 is 22.6. The number of allylic oxidation sites excluding steroid dienone is 2. The third-order valence-electron chi connectivity index (χ3n) is 4.77. The van der Waals surface area contributed by atoms with Crippen LogP contribution in [0.25, 0.3) is 0 Å². The van der Waals surface area contributed by atoms with Crippen LogP contribution in [0.3, 0.4) is 0 Å². The molecule has 1 aromatic heterocycles. The van der Waals surface area contributed by atoms with E-state index in [1.807, 2.05) is 6.07 Å². The lowest BCUT2D eigenvalue weighted by Crippen LogP contribution is -2.12. The molecule has 2 aliphatic carbocycles. The van der Waals surface area contributed by atoms with Crippen LogP contribution in [0.15, 0.2) is 53.6 Å². The van der Waals surface area contributed by atoms with Crippen molar-refractivity contribution in [3.05, 3.63) is 54.4 Å². The fraction of sp³-hybridized carbons (Fsp3) is 0.294. The van der Waals surface area contributed by atoms with Gasteiger partial charge in [-0.25, -0.2) is 23.5 Å². The number of primary sulfonamides is 1. The van der Waals surface area contributed by atoms with E-state index in [0.29, 0.717) is 29.4 Å². The Kier molecular flexibility index (Phi) is 3.62. The van der Waals surface area contributed by atoms with Gasteiger partial charge in [-0.1, -0.05) is 12.2 Å². The molecule has 0 aliphatic heterocycles. The van der Waals surface area contributed by atoms with Crippen molar-refractivity contribution in [2.75, 3.05) is 5.32 Å². The molecular weight excluding hydrogens is 324 g/mol. The van der Waals surface area contributed by atoms with Crippen molar-refractivity contribution >= 4 is 21.7 Å². The molecule has 2 aromatic rings. The molecule has 6 nitrogen and oxygen atoms in total. The second-order valence-corrected chi connectivity index (χ2v) is 7.95. The molecule has 0 amide bonds. The van der Waals surface area contributed by atoms with Gasteiger partial charge < -0.3 is 5.32 Å². The maximum atomic E-state index is 11.3. The fourth-order valence-corrected chi connectivity index (χ4v) is 4.13. The van der Waals surface area contributed by atoms with Gasteiger partial charge in [0.15, 0.2) is 0 Å². The highest BCUT2D eigenvalue weighted by atomic mass is 32.2. The van der Waals surface area contributed by atoms with Crippen LogP contribution in [-0.4, -0.2) is 18.4 Å². The summed E-state index contributed by atoms with van der Waals surface area (Å²) in [6.45, 7) is 0. The molecule has 1 saturated carbocycles. The van der Waals surface area contributed by atoms with Crippen molar-refractivity contribution < 1.29 is 8.42 Å². The molecule has 0 saturated heterocycles. The second kappa shape index (κ2) is 5.68. The lowest BCUT2D eigenvalue weighted by Gasteiger charge is -2.18. The number of rotatable bonds is 4. The first-order chi connectivity index (χ1) is 11.5. The van der Waals surface area contributed by atoms with Gasteiger partial charge in [0.05, 0.1) is 4.90 Å². The van der Waals surface area contributed by atoms with E-state index in [0.717, 1.165) is 12.1 Å². The molecule has 0 radical (unpaired) electrons. The van der Waals surface area contributed by atoms with Gasteiger partial charge in [-0.3, -0.25) is 0 Å². The third kappa shape index (κ3) is 2.92. The Bertz CT molecular complexity index is 893. The summed E-state index contributed by atoms with van der Waals surface area (Å²) >= 11 is 0. The number of hydrogen-bond donors (Lipinski definition) is 2. The summed E-state index contributed by atoms with van der Waals surface area (Å²) in [5.41, 5.74) is 1.78. The zero-order valence-electron chi connectivity index (χ0n) is 13.0. The average Bonchev–Trinajstić information content (AvgIpc) is 3.18. The molecule has 3 unspecified atom stereocenters. The Balaban J connectivity index is 1.53.